The lowest BCUT2D eigenvalue weighted by molar-refractivity contribution is -0.142. The number of halogens is 3. The van der Waals surface area contributed by atoms with Crippen molar-refractivity contribution < 1.29 is 14.3 Å². The summed E-state index contributed by atoms with van der Waals surface area (Å²) in [5.41, 5.74) is 1.62. The predicted octanol–water partition coefficient (Wildman–Crippen LogP) is 5.36. The van der Waals surface area contributed by atoms with Gasteiger partial charge in [-0.05, 0) is 70.1 Å². The van der Waals surface area contributed by atoms with Crippen LogP contribution in [0.2, 0.25) is 10.0 Å². The van der Waals surface area contributed by atoms with Crippen LogP contribution in [-0.4, -0.2) is 36.4 Å². The molecule has 0 saturated heterocycles. The van der Waals surface area contributed by atoms with E-state index in [2.05, 4.69) is 27.9 Å². The molecule has 3 aromatic carbocycles. The van der Waals surface area contributed by atoms with Crippen molar-refractivity contribution in [2.24, 2.45) is 0 Å². The number of hydrogen-bond acceptors (Lipinski definition) is 3. The second-order valence-electron chi connectivity index (χ2n) is 7.32. The van der Waals surface area contributed by atoms with Crippen LogP contribution in [-0.2, 0) is 22.6 Å². The molecular formula is C25H23Cl2IN2O3. The van der Waals surface area contributed by atoms with E-state index >= 15 is 0 Å². The molecule has 0 aliphatic carbocycles. The Balaban J connectivity index is 1.89. The molecule has 0 bridgehead atoms. The largest absolute Gasteiger partial charge is 0.484 e. The van der Waals surface area contributed by atoms with Crippen LogP contribution in [0.15, 0.2) is 72.8 Å². The smallest absolute Gasteiger partial charge is 0.261 e. The number of nitrogens with one attached hydrogen (secondary N) is 1. The average Bonchev–Trinajstić information content (AvgIpc) is 2.82. The van der Waals surface area contributed by atoms with Crippen molar-refractivity contribution in [1.82, 2.24) is 10.2 Å². The topological polar surface area (TPSA) is 58.6 Å². The molecule has 5 nitrogen and oxygen atoms in total. The fourth-order valence-electron chi connectivity index (χ4n) is 3.31. The molecule has 3 rings (SSSR count). The van der Waals surface area contributed by atoms with Gasteiger partial charge in [-0.2, -0.15) is 0 Å². The SMILES string of the molecule is CNC(=O)[C@H](Cc1ccccc1)N(Cc1ccc(Cl)cc1Cl)C(=O)COc1ccc(I)cc1. The minimum Gasteiger partial charge on any atom is -0.484 e. The van der Waals surface area contributed by atoms with Gasteiger partial charge in [-0.3, -0.25) is 9.59 Å². The molecule has 3 aromatic rings. The molecule has 0 aliphatic heterocycles. The van der Waals surface area contributed by atoms with E-state index in [-0.39, 0.29) is 25.0 Å². The summed E-state index contributed by atoms with van der Waals surface area (Å²) >= 11 is 14.6. The molecule has 0 saturated carbocycles. The van der Waals surface area contributed by atoms with Gasteiger partial charge < -0.3 is 15.0 Å². The number of nitrogens with zero attached hydrogens (tertiary/aromatic N) is 1. The zero-order valence-electron chi connectivity index (χ0n) is 17.9. The summed E-state index contributed by atoms with van der Waals surface area (Å²) in [6, 6.07) is 21.3. The van der Waals surface area contributed by atoms with Crippen LogP contribution >= 0.6 is 45.8 Å². The van der Waals surface area contributed by atoms with E-state index in [9.17, 15) is 9.59 Å². The second kappa shape index (κ2) is 12.3. The first kappa shape index (κ1) is 25.3. The Hall–Kier alpha value is -2.29. The molecule has 33 heavy (non-hydrogen) atoms. The maximum atomic E-state index is 13.4. The highest BCUT2D eigenvalue weighted by atomic mass is 127. The third-order valence-corrected chi connectivity index (χ3v) is 6.36. The Kier molecular flexibility index (Phi) is 9.41. The third-order valence-electron chi connectivity index (χ3n) is 5.05. The van der Waals surface area contributed by atoms with Gasteiger partial charge in [0.1, 0.15) is 11.8 Å². The van der Waals surface area contributed by atoms with Crippen LogP contribution in [0.25, 0.3) is 0 Å². The number of hydrogen-bond donors (Lipinski definition) is 1. The molecule has 0 aromatic heterocycles. The normalized spacial score (nSPS) is 11.5. The number of amides is 2. The summed E-state index contributed by atoms with van der Waals surface area (Å²) in [6.07, 6.45) is 0.348. The van der Waals surface area contributed by atoms with Gasteiger partial charge in [-0.25, -0.2) is 0 Å². The first-order valence-corrected chi connectivity index (χ1v) is 12.1. The maximum absolute atomic E-state index is 13.4. The van der Waals surface area contributed by atoms with Gasteiger partial charge >= 0.3 is 0 Å². The molecule has 0 heterocycles. The number of carbonyl (C=O) groups is 2. The van der Waals surface area contributed by atoms with Crippen molar-refractivity contribution in [2.45, 2.75) is 19.0 Å². The quantitative estimate of drug-likeness (QED) is 0.338. The molecule has 0 fully saturated rings. The Bertz CT molecular complexity index is 1090. The lowest BCUT2D eigenvalue weighted by atomic mass is 10.0. The number of rotatable bonds is 9. The van der Waals surface area contributed by atoms with E-state index in [1.165, 1.54) is 4.90 Å². The van der Waals surface area contributed by atoms with Crippen molar-refractivity contribution >= 4 is 57.6 Å². The van der Waals surface area contributed by atoms with Crippen molar-refractivity contribution in [3.05, 3.63) is 97.5 Å². The van der Waals surface area contributed by atoms with E-state index in [0.29, 0.717) is 27.8 Å². The minimum absolute atomic E-state index is 0.135. The Morgan fingerprint density at radius 3 is 2.36 bits per heavy atom. The standard InChI is InChI=1S/C25H23Cl2IN2O3/c1-29-25(32)23(13-17-5-3-2-4-6-17)30(15-18-7-8-19(26)14-22(18)27)24(31)16-33-21-11-9-20(28)10-12-21/h2-12,14,23H,13,15-16H2,1H3,(H,29,32)/t23-/m0/s1. The van der Waals surface area contributed by atoms with Gasteiger partial charge in [-0.1, -0.05) is 59.6 Å². The minimum atomic E-state index is -0.753. The van der Waals surface area contributed by atoms with Crippen LogP contribution < -0.4 is 10.1 Å². The highest BCUT2D eigenvalue weighted by molar-refractivity contribution is 14.1. The first-order chi connectivity index (χ1) is 15.9. The summed E-state index contributed by atoms with van der Waals surface area (Å²) < 4.78 is 6.79. The summed E-state index contributed by atoms with van der Waals surface area (Å²) in [5, 5.41) is 3.60. The lowest BCUT2D eigenvalue weighted by Crippen LogP contribution is -2.51. The Labute approximate surface area is 217 Å². The van der Waals surface area contributed by atoms with Gasteiger partial charge in [0.25, 0.3) is 5.91 Å². The van der Waals surface area contributed by atoms with E-state index < -0.39 is 6.04 Å². The number of benzene rings is 3. The van der Waals surface area contributed by atoms with Gasteiger partial charge in [0, 0.05) is 33.6 Å². The highest BCUT2D eigenvalue weighted by Crippen LogP contribution is 2.24. The highest BCUT2D eigenvalue weighted by Gasteiger charge is 2.30. The van der Waals surface area contributed by atoms with Crippen molar-refractivity contribution in [3.8, 4) is 5.75 Å². The molecule has 1 N–H and O–H groups in total. The number of ether oxygens (including phenoxy) is 1. The molecule has 0 aliphatic rings. The molecule has 0 unspecified atom stereocenters. The molecule has 0 spiro atoms. The van der Waals surface area contributed by atoms with Crippen molar-refractivity contribution in [2.75, 3.05) is 13.7 Å². The summed E-state index contributed by atoms with van der Waals surface area (Å²) in [7, 11) is 1.56. The monoisotopic (exact) mass is 596 g/mol. The van der Waals surface area contributed by atoms with Gasteiger partial charge in [0.2, 0.25) is 5.91 Å². The molecule has 2 amide bonds. The number of likely N-dealkylation sites (N-methyl/N-ethyl adjacent to an activating group) is 1. The molecular weight excluding hydrogens is 574 g/mol. The third kappa shape index (κ3) is 7.35. The van der Waals surface area contributed by atoms with E-state index in [0.717, 1.165) is 9.13 Å². The van der Waals surface area contributed by atoms with Crippen LogP contribution in [0.4, 0.5) is 0 Å². The van der Waals surface area contributed by atoms with Crippen LogP contribution in [0, 0.1) is 3.57 Å². The Morgan fingerprint density at radius 1 is 1.03 bits per heavy atom. The summed E-state index contributed by atoms with van der Waals surface area (Å²) in [4.78, 5) is 27.8. The van der Waals surface area contributed by atoms with Crippen molar-refractivity contribution in [1.29, 1.82) is 0 Å². The first-order valence-electron chi connectivity index (χ1n) is 10.2. The molecule has 1 atom stereocenters. The van der Waals surface area contributed by atoms with Crippen LogP contribution in [0.3, 0.4) is 0 Å². The average molecular weight is 597 g/mol. The fraction of sp³-hybridized carbons (Fsp3) is 0.200. The van der Waals surface area contributed by atoms with Crippen LogP contribution in [0.5, 0.6) is 5.75 Å². The number of carbonyl (C=O) groups excluding carboxylic acids is 2. The zero-order chi connectivity index (χ0) is 23.8. The molecule has 8 heteroatoms. The second-order valence-corrected chi connectivity index (χ2v) is 9.41. The maximum Gasteiger partial charge on any atom is 0.261 e. The van der Waals surface area contributed by atoms with Crippen LogP contribution in [0.1, 0.15) is 11.1 Å². The van der Waals surface area contributed by atoms with Gasteiger partial charge in [0.15, 0.2) is 6.61 Å². The van der Waals surface area contributed by atoms with E-state index in [1.807, 2.05) is 42.5 Å². The Morgan fingerprint density at radius 2 is 1.73 bits per heavy atom. The molecule has 0 radical (unpaired) electrons. The summed E-state index contributed by atoms with van der Waals surface area (Å²) in [5.74, 6) is -0.0246. The van der Waals surface area contributed by atoms with E-state index in [1.54, 1.807) is 37.4 Å². The zero-order valence-corrected chi connectivity index (χ0v) is 21.6. The van der Waals surface area contributed by atoms with Gasteiger partial charge in [-0.15, -0.1) is 0 Å². The van der Waals surface area contributed by atoms with Crippen molar-refractivity contribution in [3.63, 3.8) is 0 Å². The summed E-state index contributed by atoms with van der Waals surface area (Å²) in [6.45, 7) is -0.0795. The molecule has 172 valence electrons. The van der Waals surface area contributed by atoms with Gasteiger partial charge in [0.05, 0.1) is 0 Å². The fourth-order valence-corrected chi connectivity index (χ4v) is 4.14. The lowest BCUT2D eigenvalue weighted by Gasteiger charge is -2.31. The van der Waals surface area contributed by atoms with E-state index in [4.69, 9.17) is 27.9 Å². The predicted molar refractivity (Wildman–Crippen MR) is 140 cm³/mol.